The van der Waals surface area contributed by atoms with E-state index in [0.717, 1.165) is 0 Å². The minimum atomic E-state index is -0.744. The highest BCUT2D eigenvalue weighted by atomic mass is 79.9. The summed E-state index contributed by atoms with van der Waals surface area (Å²) in [5.74, 6) is -1.49. The van der Waals surface area contributed by atoms with Gasteiger partial charge in [0.2, 0.25) is 0 Å². The van der Waals surface area contributed by atoms with E-state index in [9.17, 15) is 0 Å². The molecule has 0 amide bonds. The molecule has 0 rings (SSSR count). The van der Waals surface area contributed by atoms with E-state index in [1.807, 2.05) is 0 Å². The first-order valence-electron chi connectivity index (χ1n) is 5.56. The van der Waals surface area contributed by atoms with Crippen LogP contribution in [0.5, 0.6) is 0 Å². The third-order valence-corrected chi connectivity index (χ3v) is 18.3. The van der Waals surface area contributed by atoms with Crippen molar-refractivity contribution < 1.29 is 0 Å². The molecule has 0 aromatic carbocycles. The molecule has 0 aliphatic rings. The topological polar surface area (TPSA) is 0 Å². The van der Waals surface area contributed by atoms with Crippen molar-refractivity contribution in [1.82, 2.24) is 0 Å². The number of hydrogen-bond acceptors (Lipinski definition) is 0. The highest BCUT2D eigenvalue weighted by molar-refractivity contribution is 9.43. The first-order valence-corrected chi connectivity index (χ1v) is 14.3. The molecule has 14 heavy (non-hydrogen) atoms. The molecule has 0 nitrogen and oxygen atoms in total. The van der Waals surface area contributed by atoms with Crippen molar-refractivity contribution in [3.63, 3.8) is 0 Å². The van der Waals surface area contributed by atoms with Gasteiger partial charge in [-0.15, -0.1) is 0 Å². The Hall–Kier alpha value is 1.82. The zero-order valence-corrected chi connectivity index (χ0v) is 14.9. The zero-order chi connectivity index (χ0) is 11.2. The molecule has 0 aliphatic heterocycles. The van der Waals surface area contributed by atoms with Gasteiger partial charge in [0.05, 0.1) is 36.6 Å². The molecular formula is C10H24Br2P2+2. The van der Waals surface area contributed by atoms with Crippen LogP contribution in [0.4, 0.5) is 0 Å². The molecule has 0 aliphatic carbocycles. The van der Waals surface area contributed by atoms with Crippen LogP contribution >= 0.6 is 42.9 Å². The molecule has 0 saturated carbocycles. The van der Waals surface area contributed by atoms with Gasteiger partial charge in [-0.2, -0.15) is 0 Å². The van der Waals surface area contributed by atoms with Gasteiger partial charge in [0.1, 0.15) is 43.3 Å². The minimum absolute atomic E-state index is 0.744. The second-order valence-corrected chi connectivity index (χ2v) is 20.3. The van der Waals surface area contributed by atoms with Crippen LogP contribution in [-0.4, -0.2) is 37.0 Å². The lowest BCUT2D eigenvalue weighted by Gasteiger charge is -2.20. The van der Waals surface area contributed by atoms with E-state index in [-0.39, 0.29) is 0 Å². The van der Waals surface area contributed by atoms with Gasteiger partial charge in [-0.25, -0.2) is 0 Å². The summed E-state index contributed by atoms with van der Waals surface area (Å²) in [4.78, 5) is 0. The third kappa shape index (κ3) is 5.24. The predicted octanol–water partition coefficient (Wildman–Crippen LogP) is 5.72. The van der Waals surface area contributed by atoms with Crippen LogP contribution in [0.2, 0.25) is 0 Å². The van der Waals surface area contributed by atoms with E-state index in [1.54, 1.807) is 0 Å². The van der Waals surface area contributed by atoms with Crippen molar-refractivity contribution in [2.75, 3.05) is 37.0 Å². The van der Waals surface area contributed by atoms with Gasteiger partial charge in [0.15, 0.2) is 0 Å². The summed E-state index contributed by atoms with van der Waals surface area (Å²) in [7, 11) is 0. The molecule has 0 aromatic heterocycles. The second-order valence-electron chi connectivity index (χ2n) is 3.77. The average molecular weight is 366 g/mol. The lowest BCUT2D eigenvalue weighted by molar-refractivity contribution is 1.31. The predicted molar refractivity (Wildman–Crippen MR) is 83.6 cm³/mol. The van der Waals surface area contributed by atoms with Crippen LogP contribution in [0.15, 0.2) is 0 Å². The van der Waals surface area contributed by atoms with Gasteiger partial charge in [-0.05, 0) is 27.7 Å². The highest BCUT2D eigenvalue weighted by Gasteiger charge is 2.38. The fourth-order valence-corrected chi connectivity index (χ4v) is 9.32. The van der Waals surface area contributed by atoms with Crippen LogP contribution in [0, 0.1) is 0 Å². The molecule has 0 saturated heterocycles. The van der Waals surface area contributed by atoms with E-state index >= 15 is 0 Å². The van der Waals surface area contributed by atoms with Crippen LogP contribution in [0.25, 0.3) is 0 Å². The fourth-order valence-electron chi connectivity index (χ4n) is 1.44. The fraction of sp³-hybridized carbons (Fsp3) is 1.00. The molecule has 0 spiro atoms. The lowest BCUT2D eigenvalue weighted by atomic mass is 10.9. The summed E-state index contributed by atoms with van der Waals surface area (Å²) < 4.78 is 0. The van der Waals surface area contributed by atoms with Gasteiger partial charge in [0.25, 0.3) is 0 Å². The Bertz CT molecular complexity index is 136. The van der Waals surface area contributed by atoms with Gasteiger partial charge in [-0.3, -0.25) is 0 Å². The average Bonchev–Trinajstić information content (AvgIpc) is 2.25. The van der Waals surface area contributed by atoms with Gasteiger partial charge in [-0.1, -0.05) is 0 Å². The van der Waals surface area contributed by atoms with Crippen LogP contribution < -0.4 is 0 Å². The van der Waals surface area contributed by atoms with Crippen molar-refractivity contribution >= 4 is 42.9 Å². The van der Waals surface area contributed by atoms with Crippen LogP contribution in [0.3, 0.4) is 0 Å². The molecular weight excluding hydrogens is 342 g/mol. The lowest BCUT2D eigenvalue weighted by Crippen LogP contribution is -2.06. The maximum Gasteiger partial charge on any atom is 0.138 e. The van der Waals surface area contributed by atoms with Gasteiger partial charge < -0.3 is 0 Å². The first kappa shape index (κ1) is 15.8. The summed E-state index contributed by atoms with van der Waals surface area (Å²) in [6.45, 7) is 9.33. The van der Waals surface area contributed by atoms with E-state index < -0.39 is 11.9 Å². The molecule has 0 bridgehead atoms. The van der Waals surface area contributed by atoms with Crippen LogP contribution in [0.1, 0.15) is 27.7 Å². The van der Waals surface area contributed by atoms with E-state index in [2.05, 4.69) is 58.7 Å². The monoisotopic (exact) mass is 364 g/mol. The number of hydrogen-bond donors (Lipinski definition) is 0. The molecule has 0 fully saturated rings. The van der Waals surface area contributed by atoms with Crippen molar-refractivity contribution in [1.29, 1.82) is 0 Å². The SMILES string of the molecule is CC[P+](Br)(CC)CC[P+](Br)(CC)CC. The summed E-state index contributed by atoms with van der Waals surface area (Å²) in [5.41, 5.74) is 0. The Kier molecular flexibility index (Phi) is 8.14. The Balaban J connectivity index is 4.14. The Morgan fingerprint density at radius 2 is 0.857 bits per heavy atom. The second kappa shape index (κ2) is 7.21. The maximum absolute atomic E-state index is 4.00. The van der Waals surface area contributed by atoms with E-state index in [0.29, 0.717) is 0 Å². The Morgan fingerprint density at radius 3 is 1.00 bits per heavy atom. The summed E-state index contributed by atoms with van der Waals surface area (Å²) in [6, 6.07) is 0. The number of rotatable bonds is 7. The molecule has 0 atom stereocenters. The molecule has 0 aromatic rings. The summed E-state index contributed by atoms with van der Waals surface area (Å²) in [5, 5.41) is 0. The van der Waals surface area contributed by atoms with Crippen molar-refractivity contribution in [3.05, 3.63) is 0 Å². The quantitative estimate of drug-likeness (QED) is 0.506. The molecule has 0 N–H and O–H groups in total. The molecule has 0 unspecified atom stereocenters. The smallest absolute Gasteiger partial charge is 0.0303 e. The van der Waals surface area contributed by atoms with Crippen molar-refractivity contribution in [2.24, 2.45) is 0 Å². The van der Waals surface area contributed by atoms with Gasteiger partial charge >= 0.3 is 0 Å². The normalized spacial score (nSPS) is 13.3. The minimum Gasteiger partial charge on any atom is -0.0303 e. The molecule has 0 radical (unpaired) electrons. The van der Waals surface area contributed by atoms with Crippen molar-refractivity contribution in [3.8, 4) is 0 Å². The van der Waals surface area contributed by atoms with Gasteiger partial charge in [0, 0.05) is 0 Å². The number of halogens is 2. The van der Waals surface area contributed by atoms with E-state index in [1.165, 1.54) is 37.0 Å². The van der Waals surface area contributed by atoms with Crippen LogP contribution in [-0.2, 0) is 0 Å². The molecule has 0 heterocycles. The third-order valence-electron chi connectivity index (χ3n) is 3.17. The molecule has 4 heteroatoms. The first-order chi connectivity index (χ1) is 6.45. The molecule has 86 valence electrons. The van der Waals surface area contributed by atoms with Crippen molar-refractivity contribution in [2.45, 2.75) is 27.7 Å². The maximum atomic E-state index is 4.00. The highest BCUT2D eigenvalue weighted by Crippen LogP contribution is 2.72. The zero-order valence-electron chi connectivity index (χ0n) is 9.89. The van der Waals surface area contributed by atoms with E-state index in [4.69, 9.17) is 0 Å². The summed E-state index contributed by atoms with van der Waals surface area (Å²) in [6.07, 6.45) is 8.27. The Labute approximate surface area is 107 Å². The Morgan fingerprint density at radius 1 is 0.643 bits per heavy atom. The standard InChI is InChI=1S/C10H24Br2P2/c1-5-13(11,6-2)9-10-14(12,7-3)8-4/h5-10H2,1-4H3/q+2. The largest absolute Gasteiger partial charge is 0.138 e. The summed E-state index contributed by atoms with van der Waals surface area (Å²) >= 11 is 8.00.